The molecule has 0 radical (unpaired) electrons. The number of para-hydroxylation sites is 2. The van der Waals surface area contributed by atoms with E-state index < -0.39 is 0 Å². The molecule has 4 heterocycles. The van der Waals surface area contributed by atoms with Crippen LogP contribution in [0.3, 0.4) is 0 Å². The van der Waals surface area contributed by atoms with Crippen molar-refractivity contribution >= 4 is 54.6 Å². The topological polar surface area (TPSA) is 51.4 Å². The van der Waals surface area contributed by atoms with Gasteiger partial charge >= 0.3 is 0 Å². The highest BCUT2D eigenvalue weighted by molar-refractivity contribution is 6.15. The van der Waals surface area contributed by atoms with Crippen LogP contribution < -0.4 is 0 Å². The number of nitrogens with one attached hydrogen (secondary N) is 1. The minimum atomic E-state index is -0.306. The second-order valence-electron chi connectivity index (χ2n) is 20.6. The molecule has 13 rings (SSSR count). The van der Waals surface area contributed by atoms with Crippen molar-refractivity contribution < 1.29 is 0 Å². The quantitative estimate of drug-likeness (QED) is 0.165. The highest BCUT2D eigenvalue weighted by Crippen LogP contribution is 2.46. The Morgan fingerprint density at radius 2 is 1.22 bits per heavy atom. The Bertz CT molecular complexity index is 4310. The molecular formula is C68H55N5. The van der Waals surface area contributed by atoms with Crippen LogP contribution in [0.5, 0.6) is 0 Å². The minimum absolute atomic E-state index is 0.306. The summed E-state index contributed by atoms with van der Waals surface area (Å²) in [5.74, 6) is 1.76. The van der Waals surface area contributed by atoms with Crippen molar-refractivity contribution in [2.75, 3.05) is 0 Å². The normalized spacial score (nSPS) is 12.0. The lowest BCUT2D eigenvalue weighted by atomic mass is 9.75. The van der Waals surface area contributed by atoms with Gasteiger partial charge in [0, 0.05) is 55.5 Å². The van der Waals surface area contributed by atoms with E-state index >= 15 is 0 Å². The van der Waals surface area contributed by atoms with Gasteiger partial charge < -0.3 is 4.98 Å². The van der Waals surface area contributed by atoms with Crippen LogP contribution >= 0.6 is 0 Å². The molecule has 5 heteroatoms. The van der Waals surface area contributed by atoms with Gasteiger partial charge in [-0.2, -0.15) is 0 Å². The first-order chi connectivity index (χ1) is 35.5. The molecule has 0 amide bonds. The molecule has 5 nitrogen and oxygen atoms in total. The van der Waals surface area contributed by atoms with Crippen LogP contribution in [0.2, 0.25) is 0 Å². The van der Waals surface area contributed by atoms with Gasteiger partial charge in [0.05, 0.1) is 27.6 Å². The zero-order valence-corrected chi connectivity index (χ0v) is 42.3. The standard InChI is InChI=1S/C68H55N5/c1-41-18-16-23-51(36-41)72-60-27-17-25-52(65(60)71-67(72)56-40-57(68(6,7)50-21-12-9-13-22-50)45(5)64-54-24-14-15-26-58(54)70-66(56)64)48-28-30-53-55-37-49(63-43(3)34-42(2)35-44(63)4)29-31-59(55)73(61(53)38-48)62-39-47(32-33-69-62)46-19-10-8-11-20-46/h8-40,70H,1-7H3. The number of imidazole rings is 1. The molecule has 0 aliphatic heterocycles. The summed E-state index contributed by atoms with van der Waals surface area (Å²) < 4.78 is 4.73. The molecule has 9 aromatic carbocycles. The van der Waals surface area contributed by atoms with Crippen LogP contribution in [0.15, 0.2) is 200 Å². The van der Waals surface area contributed by atoms with Crippen molar-refractivity contribution in [3.8, 4) is 56.3 Å². The molecule has 73 heavy (non-hydrogen) atoms. The SMILES string of the molecule is Cc1cccc(-n2c(-c3cc(C(C)(C)c4ccccc4)c(C)c4c3[nH]c3ccccc34)nc3c(-c4ccc5c6cc(-c7c(C)cc(C)cc7C)ccc6n(-c6cc(-c7ccccc7)ccn6)c5c4)cccc32)c1. The molecule has 4 aromatic heterocycles. The molecule has 0 unspecified atom stereocenters. The van der Waals surface area contributed by atoms with Gasteiger partial charge in [0.25, 0.3) is 0 Å². The molecule has 0 aliphatic carbocycles. The van der Waals surface area contributed by atoms with Gasteiger partial charge in [0.15, 0.2) is 0 Å². The largest absolute Gasteiger partial charge is 0.354 e. The summed E-state index contributed by atoms with van der Waals surface area (Å²) in [6.07, 6.45) is 1.94. The summed E-state index contributed by atoms with van der Waals surface area (Å²) in [6, 6.07) is 70.9. The molecule has 0 bridgehead atoms. The highest BCUT2D eigenvalue weighted by Gasteiger charge is 2.30. The van der Waals surface area contributed by atoms with E-state index in [1.165, 1.54) is 71.6 Å². The number of aromatic amines is 1. The second-order valence-corrected chi connectivity index (χ2v) is 20.6. The number of H-pyrrole nitrogens is 1. The average Bonchev–Trinajstić information content (AvgIpc) is 4.09. The number of benzene rings is 9. The Labute approximate surface area is 426 Å². The minimum Gasteiger partial charge on any atom is -0.354 e. The number of hydrogen-bond acceptors (Lipinski definition) is 2. The summed E-state index contributed by atoms with van der Waals surface area (Å²) in [5, 5.41) is 4.80. The first kappa shape index (κ1) is 44.2. The highest BCUT2D eigenvalue weighted by atomic mass is 15.1. The van der Waals surface area contributed by atoms with Gasteiger partial charge in [-0.15, -0.1) is 0 Å². The van der Waals surface area contributed by atoms with Gasteiger partial charge in [0.1, 0.15) is 11.6 Å². The second kappa shape index (κ2) is 16.9. The number of hydrogen-bond donors (Lipinski definition) is 1. The summed E-state index contributed by atoms with van der Waals surface area (Å²) in [7, 11) is 0. The fourth-order valence-electron chi connectivity index (χ4n) is 12.1. The molecular weight excluding hydrogens is 887 g/mol. The van der Waals surface area contributed by atoms with E-state index in [-0.39, 0.29) is 5.41 Å². The van der Waals surface area contributed by atoms with Gasteiger partial charge in [-0.05, 0) is 156 Å². The van der Waals surface area contributed by atoms with Crippen molar-refractivity contribution in [1.29, 1.82) is 0 Å². The third-order valence-corrected chi connectivity index (χ3v) is 15.5. The summed E-state index contributed by atoms with van der Waals surface area (Å²) >= 11 is 0. The fourth-order valence-corrected chi connectivity index (χ4v) is 12.1. The smallest absolute Gasteiger partial charge is 0.147 e. The molecule has 1 N–H and O–H groups in total. The maximum Gasteiger partial charge on any atom is 0.147 e. The number of rotatable bonds is 8. The third-order valence-electron chi connectivity index (χ3n) is 15.5. The van der Waals surface area contributed by atoms with Crippen LogP contribution in [0.4, 0.5) is 0 Å². The van der Waals surface area contributed by atoms with Crippen molar-refractivity contribution in [1.82, 2.24) is 24.1 Å². The average molecular weight is 942 g/mol. The van der Waals surface area contributed by atoms with Gasteiger partial charge in [-0.1, -0.05) is 153 Å². The maximum atomic E-state index is 5.85. The van der Waals surface area contributed by atoms with Crippen LogP contribution in [0.25, 0.3) is 111 Å². The van der Waals surface area contributed by atoms with Crippen LogP contribution in [-0.2, 0) is 5.41 Å². The predicted molar refractivity (Wildman–Crippen MR) is 307 cm³/mol. The van der Waals surface area contributed by atoms with Gasteiger partial charge in [-0.25, -0.2) is 9.97 Å². The molecule has 0 spiro atoms. The summed E-state index contributed by atoms with van der Waals surface area (Å²) in [6.45, 7) is 15.8. The van der Waals surface area contributed by atoms with E-state index in [9.17, 15) is 0 Å². The molecule has 0 aliphatic rings. The molecule has 0 fully saturated rings. The van der Waals surface area contributed by atoms with E-state index in [1.54, 1.807) is 0 Å². The number of nitrogens with zero attached hydrogens (tertiary/aromatic N) is 4. The summed E-state index contributed by atoms with van der Waals surface area (Å²) in [5.41, 5.74) is 23.9. The number of aryl methyl sites for hydroxylation is 5. The van der Waals surface area contributed by atoms with Crippen molar-refractivity contribution in [3.63, 3.8) is 0 Å². The first-order valence-electron chi connectivity index (χ1n) is 25.4. The molecule has 13 aromatic rings. The van der Waals surface area contributed by atoms with Crippen molar-refractivity contribution in [3.05, 3.63) is 239 Å². The van der Waals surface area contributed by atoms with Crippen molar-refractivity contribution in [2.45, 2.75) is 53.9 Å². The van der Waals surface area contributed by atoms with E-state index in [0.29, 0.717) is 0 Å². The van der Waals surface area contributed by atoms with E-state index in [0.717, 1.165) is 78.2 Å². The van der Waals surface area contributed by atoms with Crippen LogP contribution in [0, 0.1) is 34.6 Å². The number of fused-ring (bicyclic) bond motifs is 7. The Balaban J connectivity index is 1.08. The van der Waals surface area contributed by atoms with Gasteiger partial charge in [0.2, 0.25) is 0 Å². The Morgan fingerprint density at radius 1 is 0.479 bits per heavy atom. The zero-order valence-electron chi connectivity index (χ0n) is 42.3. The monoisotopic (exact) mass is 941 g/mol. The van der Waals surface area contributed by atoms with Gasteiger partial charge in [-0.3, -0.25) is 9.13 Å². The predicted octanol–water partition coefficient (Wildman–Crippen LogP) is 17.7. The fraction of sp³-hybridized carbons (Fsp3) is 0.118. The molecule has 0 saturated heterocycles. The Kier molecular flexibility index (Phi) is 10.2. The van der Waals surface area contributed by atoms with E-state index in [4.69, 9.17) is 9.97 Å². The lowest BCUT2D eigenvalue weighted by molar-refractivity contribution is 0.637. The molecule has 0 saturated carbocycles. The number of aromatic nitrogens is 5. The lowest BCUT2D eigenvalue weighted by Crippen LogP contribution is -2.20. The van der Waals surface area contributed by atoms with Crippen molar-refractivity contribution in [2.24, 2.45) is 0 Å². The third kappa shape index (κ3) is 7.13. The van der Waals surface area contributed by atoms with E-state index in [2.05, 4.69) is 257 Å². The van der Waals surface area contributed by atoms with Crippen LogP contribution in [0.1, 0.15) is 52.8 Å². The lowest BCUT2D eigenvalue weighted by Gasteiger charge is -2.29. The first-order valence-corrected chi connectivity index (χ1v) is 25.4. The van der Waals surface area contributed by atoms with E-state index in [1.807, 2.05) is 6.20 Å². The summed E-state index contributed by atoms with van der Waals surface area (Å²) in [4.78, 5) is 14.9. The molecule has 0 atom stereocenters. The Hall–Kier alpha value is -8.80. The van der Waals surface area contributed by atoms with Crippen LogP contribution in [-0.4, -0.2) is 24.1 Å². The Morgan fingerprint density at radius 3 is 2.01 bits per heavy atom. The maximum absolute atomic E-state index is 5.85. The zero-order chi connectivity index (χ0) is 49.7. The molecule has 352 valence electrons. The number of pyridine rings is 1.